The van der Waals surface area contributed by atoms with Crippen LogP contribution in [0.25, 0.3) is 0 Å². The van der Waals surface area contributed by atoms with Gasteiger partial charge in [-0.2, -0.15) is 0 Å². The van der Waals surface area contributed by atoms with Crippen molar-refractivity contribution in [2.24, 2.45) is 11.5 Å². The maximum Gasteiger partial charge on any atom is 0.356 e. The quantitative estimate of drug-likeness (QED) is 0.615. The van der Waals surface area contributed by atoms with Crippen molar-refractivity contribution in [1.29, 1.82) is 0 Å². The van der Waals surface area contributed by atoms with Crippen molar-refractivity contribution in [3.05, 3.63) is 0 Å². The maximum atomic E-state index is 5.87. The Bertz CT molecular complexity index is 140. The van der Waals surface area contributed by atoms with Crippen LogP contribution < -0.4 is 11.5 Å². The van der Waals surface area contributed by atoms with Crippen molar-refractivity contribution in [2.75, 3.05) is 14.2 Å². The van der Waals surface area contributed by atoms with Crippen LogP contribution in [0, 0.1) is 0 Å². The van der Waals surface area contributed by atoms with E-state index in [-0.39, 0.29) is 11.7 Å². The topological polar surface area (TPSA) is 70.5 Å². The van der Waals surface area contributed by atoms with E-state index < -0.39 is 8.56 Å². The molecule has 0 aliphatic heterocycles. The third-order valence-corrected chi connectivity index (χ3v) is 6.32. The van der Waals surface area contributed by atoms with Crippen LogP contribution in [0.5, 0.6) is 0 Å². The van der Waals surface area contributed by atoms with Gasteiger partial charge in [0.15, 0.2) is 0 Å². The van der Waals surface area contributed by atoms with E-state index in [1.54, 1.807) is 14.2 Å². The number of hydrogen-bond acceptors (Lipinski definition) is 4. The van der Waals surface area contributed by atoms with E-state index in [2.05, 4.69) is 6.92 Å². The van der Waals surface area contributed by atoms with Gasteiger partial charge in [0.1, 0.15) is 0 Å². The van der Waals surface area contributed by atoms with Gasteiger partial charge in [-0.1, -0.05) is 6.92 Å². The zero-order valence-corrected chi connectivity index (χ0v) is 10.0. The molecule has 0 spiro atoms. The summed E-state index contributed by atoms with van der Waals surface area (Å²) in [5, 5.41) is 0. The van der Waals surface area contributed by atoms with Crippen LogP contribution in [0.4, 0.5) is 0 Å². The van der Waals surface area contributed by atoms with Crippen molar-refractivity contribution >= 4 is 8.56 Å². The van der Waals surface area contributed by atoms with Gasteiger partial charge in [-0.05, 0) is 13.3 Å². The summed E-state index contributed by atoms with van der Waals surface area (Å²) in [5.41, 5.74) is 11.7. The Morgan fingerprint density at radius 2 is 1.69 bits per heavy atom. The Hall–Kier alpha value is 0.0569. The number of nitrogens with two attached hydrogens (primary N) is 2. The molecule has 0 aliphatic rings. The largest absolute Gasteiger partial charge is 0.397 e. The monoisotopic (exact) mass is 206 g/mol. The second-order valence-electron chi connectivity index (χ2n) is 3.38. The molecule has 2 atom stereocenters. The third-order valence-electron chi connectivity index (χ3n) is 2.46. The molecule has 0 aromatic rings. The zero-order valence-electron chi connectivity index (χ0n) is 9.04. The van der Waals surface area contributed by atoms with Gasteiger partial charge in [0.05, 0.1) is 0 Å². The average Bonchev–Trinajstić information content (AvgIpc) is 2.13. The van der Waals surface area contributed by atoms with Crippen molar-refractivity contribution in [3.8, 4) is 0 Å². The lowest BCUT2D eigenvalue weighted by Crippen LogP contribution is -2.57. The van der Waals surface area contributed by atoms with Crippen molar-refractivity contribution in [1.82, 2.24) is 0 Å². The summed E-state index contributed by atoms with van der Waals surface area (Å²) >= 11 is 0. The molecule has 0 rings (SSSR count). The summed E-state index contributed by atoms with van der Waals surface area (Å²) in [4.78, 5) is 0. The molecule has 2 unspecified atom stereocenters. The van der Waals surface area contributed by atoms with E-state index in [0.717, 1.165) is 12.5 Å². The first-order valence-electron chi connectivity index (χ1n) is 4.63. The molecule has 0 aromatic carbocycles. The molecule has 0 heterocycles. The van der Waals surface area contributed by atoms with E-state index in [0.29, 0.717) is 0 Å². The van der Waals surface area contributed by atoms with Crippen molar-refractivity contribution in [3.63, 3.8) is 0 Å². The summed E-state index contributed by atoms with van der Waals surface area (Å²) in [6.45, 7) is 3.97. The fraction of sp³-hybridized carbons (Fsp3) is 1.00. The molecule has 5 heteroatoms. The van der Waals surface area contributed by atoms with E-state index in [1.807, 2.05) is 6.92 Å². The molecular formula is C8H22N2O2Si. The van der Waals surface area contributed by atoms with Crippen LogP contribution in [0.3, 0.4) is 0 Å². The van der Waals surface area contributed by atoms with Gasteiger partial charge in [-0.25, -0.2) is 0 Å². The summed E-state index contributed by atoms with van der Waals surface area (Å²) in [6, 6.07) is 0.881. The highest BCUT2D eigenvalue weighted by Crippen LogP contribution is 2.17. The van der Waals surface area contributed by atoms with E-state index in [9.17, 15) is 0 Å². The second kappa shape index (κ2) is 5.72. The van der Waals surface area contributed by atoms with Crippen molar-refractivity contribution < 1.29 is 8.85 Å². The first kappa shape index (κ1) is 13.1. The molecule has 0 saturated heterocycles. The van der Waals surface area contributed by atoms with Gasteiger partial charge in [-0.15, -0.1) is 0 Å². The zero-order chi connectivity index (χ0) is 10.5. The maximum absolute atomic E-state index is 5.87. The lowest BCUT2D eigenvalue weighted by Gasteiger charge is -2.32. The van der Waals surface area contributed by atoms with Gasteiger partial charge in [0, 0.05) is 32.0 Å². The second-order valence-corrected chi connectivity index (χ2v) is 7.14. The van der Waals surface area contributed by atoms with Crippen LogP contribution in [0.15, 0.2) is 0 Å². The van der Waals surface area contributed by atoms with Gasteiger partial charge in [0.25, 0.3) is 0 Å². The average molecular weight is 206 g/mol. The highest BCUT2D eigenvalue weighted by molar-refractivity contribution is 6.69. The molecule has 0 aliphatic carbocycles. The van der Waals surface area contributed by atoms with Crippen LogP contribution in [0.1, 0.15) is 20.3 Å². The molecule has 0 bridgehead atoms. The van der Waals surface area contributed by atoms with Gasteiger partial charge >= 0.3 is 8.56 Å². The number of hydrogen-bond donors (Lipinski definition) is 2. The SMILES string of the molecule is CCC(N)C[Si](OC)(OC)C(C)N. The van der Waals surface area contributed by atoms with E-state index in [4.69, 9.17) is 20.3 Å². The Balaban J connectivity index is 4.38. The van der Waals surface area contributed by atoms with Crippen molar-refractivity contribution in [2.45, 2.75) is 38.0 Å². The predicted molar refractivity (Wildman–Crippen MR) is 56.5 cm³/mol. The standard InChI is InChI=1S/C8H22N2O2Si/c1-5-8(10)6-13(11-3,12-4)7(2)9/h7-8H,5-6,9-10H2,1-4H3. The minimum Gasteiger partial charge on any atom is -0.397 e. The van der Waals surface area contributed by atoms with E-state index in [1.165, 1.54) is 0 Å². The Labute approximate surface area is 81.8 Å². The highest BCUT2D eigenvalue weighted by Gasteiger charge is 2.41. The summed E-state index contributed by atoms with van der Waals surface area (Å²) in [7, 11) is 1.06. The summed E-state index contributed by atoms with van der Waals surface area (Å²) in [6.07, 6.45) is 0.925. The Kier molecular flexibility index (Phi) is 5.74. The van der Waals surface area contributed by atoms with Crippen LogP contribution in [-0.2, 0) is 8.85 Å². The molecule has 0 aromatic heterocycles. The van der Waals surface area contributed by atoms with Gasteiger partial charge in [0.2, 0.25) is 0 Å². The minimum atomic E-state index is -2.25. The molecule has 13 heavy (non-hydrogen) atoms. The lowest BCUT2D eigenvalue weighted by molar-refractivity contribution is 0.228. The molecule has 0 saturated carbocycles. The first-order valence-corrected chi connectivity index (χ1v) is 6.74. The fourth-order valence-electron chi connectivity index (χ4n) is 1.32. The highest BCUT2D eigenvalue weighted by atomic mass is 28.4. The minimum absolute atomic E-state index is 0.0555. The Morgan fingerprint density at radius 1 is 1.23 bits per heavy atom. The summed E-state index contributed by atoms with van der Waals surface area (Å²) in [5.74, 6) is 0. The predicted octanol–water partition coefficient (Wildman–Crippen LogP) is 0.345. The number of rotatable bonds is 6. The normalized spacial score (nSPS) is 17.1. The first-order chi connectivity index (χ1) is 6.02. The Morgan fingerprint density at radius 3 is 1.92 bits per heavy atom. The molecule has 0 amide bonds. The molecule has 0 fully saturated rings. The molecule has 4 N–H and O–H groups in total. The van der Waals surface area contributed by atoms with Gasteiger partial charge in [-0.3, -0.25) is 0 Å². The fourth-order valence-corrected chi connectivity index (χ4v) is 3.95. The van der Waals surface area contributed by atoms with E-state index >= 15 is 0 Å². The molecule has 0 radical (unpaired) electrons. The lowest BCUT2D eigenvalue weighted by atomic mass is 10.3. The van der Waals surface area contributed by atoms with Crippen LogP contribution in [0.2, 0.25) is 6.04 Å². The summed E-state index contributed by atoms with van der Waals surface area (Å²) < 4.78 is 10.9. The molecule has 80 valence electrons. The van der Waals surface area contributed by atoms with Crippen LogP contribution >= 0.6 is 0 Å². The third kappa shape index (κ3) is 3.36. The molecule has 4 nitrogen and oxygen atoms in total. The molecular weight excluding hydrogens is 184 g/mol. The van der Waals surface area contributed by atoms with Gasteiger partial charge < -0.3 is 20.3 Å². The smallest absolute Gasteiger partial charge is 0.356 e. The van der Waals surface area contributed by atoms with Crippen LogP contribution in [-0.4, -0.2) is 34.5 Å².